The summed E-state index contributed by atoms with van der Waals surface area (Å²) >= 11 is 0. The van der Waals surface area contributed by atoms with E-state index in [1.54, 1.807) is 37.4 Å². The minimum absolute atomic E-state index is 0.126. The molecule has 1 heterocycles. The molecule has 0 spiro atoms. The van der Waals surface area contributed by atoms with Gasteiger partial charge in [0, 0.05) is 12.4 Å². The Morgan fingerprint density at radius 2 is 1.94 bits per heavy atom. The summed E-state index contributed by atoms with van der Waals surface area (Å²) < 4.78 is 12.3. The van der Waals surface area contributed by atoms with Crippen molar-refractivity contribution in [1.82, 2.24) is 15.2 Å². The van der Waals surface area contributed by atoms with Gasteiger partial charge in [0.05, 0.1) is 25.3 Å². The molecular formula is C23H26N4O4. The normalized spacial score (nSPS) is 11.3. The summed E-state index contributed by atoms with van der Waals surface area (Å²) in [5, 5.41) is 9.00. The Bertz CT molecular complexity index is 1170. The van der Waals surface area contributed by atoms with Crippen LogP contribution in [0.3, 0.4) is 0 Å². The van der Waals surface area contributed by atoms with Crippen LogP contribution in [0.4, 0.5) is 0 Å². The number of hydrogen-bond acceptors (Lipinski definition) is 6. The van der Waals surface area contributed by atoms with Crippen molar-refractivity contribution in [1.29, 1.82) is 0 Å². The smallest absolute Gasteiger partial charge is 0.292 e. The molecule has 1 aromatic heterocycles. The molecule has 0 bridgehead atoms. The number of amides is 1. The number of nitrogens with zero attached hydrogens (tertiary/aromatic N) is 3. The zero-order chi connectivity index (χ0) is 22.4. The predicted octanol–water partition coefficient (Wildman–Crippen LogP) is 3.13. The Hall–Kier alpha value is -3.68. The quantitative estimate of drug-likeness (QED) is 0.445. The van der Waals surface area contributed by atoms with Crippen LogP contribution in [0, 0.1) is 5.92 Å². The number of aryl methyl sites for hydroxylation is 1. The van der Waals surface area contributed by atoms with Gasteiger partial charge in [-0.15, -0.1) is 0 Å². The fourth-order valence-corrected chi connectivity index (χ4v) is 2.97. The highest BCUT2D eigenvalue weighted by molar-refractivity contribution is 6.04. The minimum Gasteiger partial charge on any atom is -0.493 e. The molecule has 0 radical (unpaired) electrons. The molecule has 0 aliphatic carbocycles. The number of carbonyl (C=O) groups is 1. The Kier molecular flexibility index (Phi) is 7.02. The summed E-state index contributed by atoms with van der Waals surface area (Å²) in [6.07, 6.45) is 2.45. The van der Waals surface area contributed by atoms with Crippen LogP contribution in [0.25, 0.3) is 10.8 Å². The van der Waals surface area contributed by atoms with Gasteiger partial charge in [-0.05, 0) is 42.2 Å². The van der Waals surface area contributed by atoms with Crippen molar-refractivity contribution in [3.8, 4) is 11.5 Å². The molecule has 8 nitrogen and oxygen atoms in total. The molecular weight excluding hydrogens is 396 g/mol. The van der Waals surface area contributed by atoms with Crippen molar-refractivity contribution in [2.75, 3.05) is 13.7 Å². The van der Waals surface area contributed by atoms with Crippen LogP contribution < -0.4 is 20.5 Å². The van der Waals surface area contributed by atoms with Gasteiger partial charge >= 0.3 is 0 Å². The van der Waals surface area contributed by atoms with Gasteiger partial charge in [-0.3, -0.25) is 9.59 Å². The van der Waals surface area contributed by atoms with Crippen molar-refractivity contribution in [2.24, 2.45) is 18.1 Å². The first kappa shape index (κ1) is 22.0. The lowest BCUT2D eigenvalue weighted by atomic mass is 10.1. The molecule has 3 rings (SSSR count). The number of ether oxygens (including phenoxy) is 2. The van der Waals surface area contributed by atoms with E-state index in [2.05, 4.69) is 29.5 Å². The summed E-state index contributed by atoms with van der Waals surface area (Å²) in [5.74, 6) is 1.29. The number of nitrogens with one attached hydrogen (secondary N) is 1. The number of aromatic nitrogens is 2. The number of benzene rings is 2. The lowest BCUT2D eigenvalue weighted by molar-refractivity contribution is 0.0950. The molecule has 0 aliphatic rings. The maximum atomic E-state index is 12.6. The maximum Gasteiger partial charge on any atom is 0.292 e. The molecule has 0 atom stereocenters. The lowest BCUT2D eigenvalue weighted by Crippen LogP contribution is -2.27. The van der Waals surface area contributed by atoms with Crippen molar-refractivity contribution in [2.45, 2.75) is 20.3 Å². The standard InChI is InChI=1S/C23H26N4O4/c1-15(2)11-12-31-19-10-9-16(13-20(19)30-4)14-24-25-22(28)21-17-7-5-6-8-18(17)23(29)27(3)26-21/h5-10,13-15H,11-12H2,1-4H3,(H,25,28)/b24-14-. The van der Waals surface area contributed by atoms with Crippen LogP contribution >= 0.6 is 0 Å². The summed E-state index contributed by atoms with van der Waals surface area (Å²) in [6, 6.07) is 12.3. The molecule has 3 aromatic rings. The highest BCUT2D eigenvalue weighted by atomic mass is 16.5. The van der Waals surface area contributed by atoms with Crippen LogP contribution in [-0.2, 0) is 7.05 Å². The van der Waals surface area contributed by atoms with E-state index in [1.807, 2.05) is 12.1 Å². The maximum absolute atomic E-state index is 12.6. The number of hydrogen-bond donors (Lipinski definition) is 1. The van der Waals surface area contributed by atoms with Crippen LogP contribution in [0.1, 0.15) is 36.3 Å². The molecule has 31 heavy (non-hydrogen) atoms. The SMILES string of the molecule is COc1cc(/C=N\NC(=O)c2nn(C)c(=O)c3ccccc23)ccc1OCCC(C)C. The number of fused-ring (bicyclic) bond motifs is 1. The third kappa shape index (κ3) is 5.28. The average molecular weight is 422 g/mol. The highest BCUT2D eigenvalue weighted by Gasteiger charge is 2.15. The molecule has 8 heteroatoms. The van der Waals surface area contributed by atoms with E-state index in [1.165, 1.54) is 13.3 Å². The second kappa shape index (κ2) is 9.88. The fourth-order valence-electron chi connectivity index (χ4n) is 2.97. The summed E-state index contributed by atoms with van der Waals surface area (Å²) in [6.45, 7) is 4.89. The molecule has 0 aliphatic heterocycles. The molecule has 0 unspecified atom stereocenters. The Morgan fingerprint density at radius 3 is 2.65 bits per heavy atom. The molecule has 162 valence electrons. The Labute approximate surface area is 180 Å². The highest BCUT2D eigenvalue weighted by Crippen LogP contribution is 2.28. The van der Waals surface area contributed by atoms with Gasteiger partial charge in [-0.2, -0.15) is 10.2 Å². The van der Waals surface area contributed by atoms with E-state index in [4.69, 9.17) is 9.47 Å². The van der Waals surface area contributed by atoms with E-state index in [0.717, 1.165) is 16.7 Å². The van der Waals surface area contributed by atoms with Crippen molar-refractivity contribution >= 4 is 22.9 Å². The molecule has 0 saturated heterocycles. The lowest BCUT2D eigenvalue weighted by Gasteiger charge is -2.12. The number of methoxy groups -OCH3 is 1. The van der Waals surface area contributed by atoms with Gasteiger partial charge in [0.15, 0.2) is 17.2 Å². The van der Waals surface area contributed by atoms with Gasteiger partial charge in [-0.1, -0.05) is 32.0 Å². The van der Waals surface area contributed by atoms with Crippen LogP contribution in [0.15, 0.2) is 52.4 Å². The monoisotopic (exact) mass is 422 g/mol. The van der Waals surface area contributed by atoms with Crippen molar-refractivity contribution < 1.29 is 14.3 Å². The second-order valence-electron chi connectivity index (χ2n) is 7.46. The van der Waals surface area contributed by atoms with Crippen molar-refractivity contribution in [3.05, 3.63) is 64.1 Å². The molecule has 1 N–H and O–H groups in total. The topological polar surface area (TPSA) is 94.8 Å². The van der Waals surface area contributed by atoms with Crippen LogP contribution in [0.2, 0.25) is 0 Å². The van der Waals surface area contributed by atoms with Gasteiger partial charge in [0.25, 0.3) is 11.5 Å². The average Bonchev–Trinajstić information content (AvgIpc) is 2.76. The Morgan fingerprint density at radius 1 is 1.19 bits per heavy atom. The molecule has 2 aromatic carbocycles. The zero-order valence-electron chi connectivity index (χ0n) is 18.1. The number of rotatable bonds is 8. The Balaban J connectivity index is 1.74. The van der Waals surface area contributed by atoms with Gasteiger partial charge in [0.1, 0.15) is 0 Å². The third-order valence-electron chi connectivity index (χ3n) is 4.69. The first-order valence-corrected chi connectivity index (χ1v) is 10.0. The number of carbonyl (C=O) groups excluding carboxylic acids is 1. The van der Waals surface area contributed by atoms with Gasteiger partial charge in [0.2, 0.25) is 0 Å². The zero-order valence-corrected chi connectivity index (χ0v) is 18.1. The van der Waals surface area contributed by atoms with Gasteiger partial charge < -0.3 is 9.47 Å². The largest absolute Gasteiger partial charge is 0.493 e. The van der Waals surface area contributed by atoms with E-state index in [-0.39, 0.29) is 11.3 Å². The van der Waals surface area contributed by atoms with Crippen molar-refractivity contribution in [3.63, 3.8) is 0 Å². The molecule has 1 amide bonds. The van der Waals surface area contributed by atoms with E-state index >= 15 is 0 Å². The molecule has 0 saturated carbocycles. The molecule has 0 fully saturated rings. The first-order chi connectivity index (χ1) is 14.9. The third-order valence-corrected chi connectivity index (χ3v) is 4.69. The fraction of sp³-hybridized carbons (Fsp3) is 0.304. The first-order valence-electron chi connectivity index (χ1n) is 10.0. The second-order valence-corrected chi connectivity index (χ2v) is 7.46. The minimum atomic E-state index is -0.511. The van der Waals surface area contributed by atoms with Gasteiger partial charge in [-0.25, -0.2) is 10.1 Å². The summed E-state index contributed by atoms with van der Waals surface area (Å²) in [7, 11) is 3.08. The number of hydrazone groups is 1. The predicted molar refractivity (Wildman–Crippen MR) is 120 cm³/mol. The van der Waals surface area contributed by atoms with E-state index < -0.39 is 5.91 Å². The van der Waals surface area contributed by atoms with Crippen LogP contribution in [-0.4, -0.2) is 35.6 Å². The van der Waals surface area contributed by atoms with E-state index in [9.17, 15) is 9.59 Å². The van der Waals surface area contributed by atoms with E-state index in [0.29, 0.717) is 34.8 Å². The summed E-state index contributed by atoms with van der Waals surface area (Å²) in [4.78, 5) is 24.8. The summed E-state index contributed by atoms with van der Waals surface area (Å²) in [5.41, 5.74) is 3.05. The van der Waals surface area contributed by atoms with Crippen LogP contribution in [0.5, 0.6) is 11.5 Å².